The average Bonchev–Trinajstić information content (AvgIpc) is 3.25. The van der Waals surface area contributed by atoms with E-state index >= 15 is 0 Å². The molecule has 1 fully saturated rings. The molecule has 1 aliphatic heterocycles. The minimum Gasteiger partial charge on any atom is -0.457 e. The Morgan fingerprint density at radius 1 is 1.35 bits per heavy atom. The van der Waals surface area contributed by atoms with Crippen LogP contribution >= 0.6 is 11.3 Å². The Morgan fingerprint density at radius 3 is 2.73 bits per heavy atom. The quantitative estimate of drug-likeness (QED) is 0.554. The van der Waals surface area contributed by atoms with Gasteiger partial charge >= 0.3 is 5.97 Å². The zero-order valence-electron chi connectivity index (χ0n) is 14.7. The van der Waals surface area contributed by atoms with Gasteiger partial charge in [-0.2, -0.15) is 11.3 Å². The summed E-state index contributed by atoms with van der Waals surface area (Å²) in [6.07, 6.45) is 0.706. The van der Waals surface area contributed by atoms with Gasteiger partial charge in [-0.3, -0.25) is 9.59 Å². The van der Waals surface area contributed by atoms with Crippen molar-refractivity contribution in [3.05, 3.63) is 45.4 Å². The number of aromatic nitrogens is 1. The number of carbonyl (C=O) groups is 2. The third-order valence-electron chi connectivity index (χ3n) is 4.65. The molecular formula is C18H21NO5S2. The smallest absolute Gasteiger partial charge is 0.310 e. The Kier molecular flexibility index (Phi) is 5.34. The van der Waals surface area contributed by atoms with E-state index in [4.69, 9.17) is 4.74 Å². The molecule has 26 heavy (non-hydrogen) atoms. The molecule has 8 heteroatoms. The fraction of sp³-hybridized carbons (Fsp3) is 0.444. The molecular weight excluding hydrogens is 374 g/mol. The molecule has 2 aromatic heterocycles. The van der Waals surface area contributed by atoms with E-state index in [1.807, 2.05) is 28.3 Å². The van der Waals surface area contributed by atoms with E-state index in [9.17, 15) is 18.0 Å². The standard InChI is InChI=1S/C18H21NO5S2/c1-12-7-16(13(2)19(12)15-4-6-26(22,23)11-15)17(20)9-24-18(21)8-14-3-5-25-10-14/h3,5,7,10,15H,4,6,8-9,11H2,1-2H3/t15-/m1/s1. The molecule has 0 saturated carbocycles. The number of ketones is 1. The van der Waals surface area contributed by atoms with Crippen molar-refractivity contribution in [1.29, 1.82) is 0 Å². The second-order valence-corrected chi connectivity index (χ2v) is 9.61. The minimum absolute atomic E-state index is 0.104. The van der Waals surface area contributed by atoms with Gasteiger partial charge in [0.1, 0.15) is 0 Å². The van der Waals surface area contributed by atoms with Gasteiger partial charge in [0.05, 0.1) is 17.9 Å². The van der Waals surface area contributed by atoms with E-state index in [0.717, 1.165) is 17.0 Å². The third-order valence-corrected chi connectivity index (χ3v) is 7.13. The van der Waals surface area contributed by atoms with Crippen LogP contribution in [0.2, 0.25) is 0 Å². The number of thiophene rings is 1. The maximum Gasteiger partial charge on any atom is 0.310 e. The number of ether oxygens (including phenoxy) is 1. The van der Waals surface area contributed by atoms with Gasteiger partial charge in [0.2, 0.25) is 5.78 Å². The number of rotatable bonds is 6. The molecule has 1 saturated heterocycles. The highest BCUT2D eigenvalue weighted by Gasteiger charge is 2.31. The molecule has 0 radical (unpaired) electrons. The lowest BCUT2D eigenvalue weighted by Gasteiger charge is -2.16. The molecule has 0 bridgehead atoms. The molecule has 6 nitrogen and oxygen atoms in total. The van der Waals surface area contributed by atoms with Crippen molar-refractivity contribution in [2.75, 3.05) is 18.1 Å². The van der Waals surface area contributed by atoms with Gasteiger partial charge in [0.25, 0.3) is 0 Å². The van der Waals surface area contributed by atoms with Crippen LogP contribution in [-0.2, 0) is 25.8 Å². The number of nitrogens with zero attached hydrogens (tertiary/aromatic N) is 1. The molecule has 3 heterocycles. The number of hydrogen-bond acceptors (Lipinski definition) is 6. The lowest BCUT2D eigenvalue weighted by molar-refractivity contribution is -0.141. The van der Waals surface area contributed by atoms with Gasteiger partial charge in [0, 0.05) is 23.0 Å². The molecule has 2 aromatic rings. The summed E-state index contributed by atoms with van der Waals surface area (Å²) in [7, 11) is -3.01. The summed E-state index contributed by atoms with van der Waals surface area (Å²) in [6, 6.07) is 3.45. The van der Waals surface area contributed by atoms with Crippen molar-refractivity contribution in [1.82, 2.24) is 4.57 Å². The van der Waals surface area contributed by atoms with E-state index in [0.29, 0.717) is 12.0 Å². The van der Waals surface area contributed by atoms with Gasteiger partial charge in [-0.15, -0.1) is 0 Å². The summed E-state index contributed by atoms with van der Waals surface area (Å²) in [5.74, 6) is -0.429. The molecule has 0 aromatic carbocycles. The van der Waals surface area contributed by atoms with Crippen LogP contribution in [-0.4, -0.2) is 42.9 Å². The fourth-order valence-corrected chi connectivity index (χ4v) is 5.80. The van der Waals surface area contributed by atoms with Crippen LogP contribution in [0.3, 0.4) is 0 Å². The first kappa shape index (κ1) is 18.8. The van der Waals surface area contributed by atoms with Gasteiger partial charge in [-0.1, -0.05) is 0 Å². The first-order chi connectivity index (χ1) is 12.3. The van der Waals surface area contributed by atoms with E-state index < -0.39 is 15.8 Å². The van der Waals surface area contributed by atoms with Crippen molar-refractivity contribution < 1.29 is 22.7 Å². The molecule has 0 N–H and O–H groups in total. The summed E-state index contributed by atoms with van der Waals surface area (Å²) in [5, 5.41) is 3.75. The van der Waals surface area contributed by atoms with Gasteiger partial charge in [-0.05, 0) is 48.7 Å². The van der Waals surface area contributed by atoms with E-state index in [-0.39, 0.29) is 36.4 Å². The van der Waals surface area contributed by atoms with Crippen LogP contribution in [0.25, 0.3) is 0 Å². The third kappa shape index (κ3) is 4.07. The highest BCUT2D eigenvalue weighted by molar-refractivity contribution is 7.91. The second-order valence-electron chi connectivity index (χ2n) is 6.60. The number of hydrogen-bond donors (Lipinski definition) is 0. The van der Waals surface area contributed by atoms with Gasteiger partial charge in [0.15, 0.2) is 16.4 Å². The van der Waals surface area contributed by atoms with Crippen molar-refractivity contribution in [2.24, 2.45) is 0 Å². The maximum atomic E-state index is 12.5. The number of Topliss-reactive ketones (excluding diaryl/α,β-unsaturated/α-hetero) is 1. The maximum absolute atomic E-state index is 12.5. The van der Waals surface area contributed by atoms with E-state index in [1.54, 1.807) is 13.0 Å². The monoisotopic (exact) mass is 395 g/mol. The predicted octanol–water partition coefficient (Wildman–Crippen LogP) is 2.49. The number of carbonyl (C=O) groups excluding carboxylic acids is 2. The SMILES string of the molecule is Cc1cc(C(=O)COC(=O)Cc2ccsc2)c(C)n1[C@@H]1CCS(=O)(=O)C1. The largest absolute Gasteiger partial charge is 0.457 e. The first-order valence-corrected chi connectivity index (χ1v) is 11.1. The summed E-state index contributed by atoms with van der Waals surface area (Å²) < 4.78 is 30.5. The van der Waals surface area contributed by atoms with Gasteiger partial charge in [-0.25, -0.2) is 8.42 Å². The molecule has 0 spiro atoms. The zero-order valence-corrected chi connectivity index (χ0v) is 16.4. The summed E-state index contributed by atoms with van der Waals surface area (Å²) in [4.78, 5) is 24.3. The molecule has 1 atom stereocenters. The average molecular weight is 396 g/mol. The van der Waals surface area contributed by atoms with Crippen molar-refractivity contribution in [3.8, 4) is 0 Å². The lowest BCUT2D eigenvalue weighted by atomic mass is 10.1. The van der Waals surface area contributed by atoms with Crippen LogP contribution in [0.15, 0.2) is 22.9 Å². The molecule has 3 rings (SSSR count). The van der Waals surface area contributed by atoms with Crippen LogP contribution in [0.1, 0.15) is 39.8 Å². The predicted molar refractivity (Wildman–Crippen MR) is 99.5 cm³/mol. The molecule has 0 amide bonds. The Bertz CT molecular complexity index is 925. The molecule has 0 unspecified atom stereocenters. The van der Waals surface area contributed by atoms with Crippen LogP contribution in [0.5, 0.6) is 0 Å². The summed E-state index contributed by atoms with van der Waals surface area (Å²) in [5.41, 5.74) is 2.92. The number of aryl methyl sites for hydroxylation is 1. The molecule has 140 valence electrons. The lowest BCUT2D eigenvalue weighted by Crippen LogP contribution is -2.17. The minimum atomic E-state index is -3.01. The van der Waals surface area contributed by atoms with Crippen LogP contribution in [0.4, 0.5) is 0 Å². The van der Waals surface area contributed by atoms with Crippen LogP contribution in [0, 0.1) is 13.8 Å². The second kappa shape index (κ2) is 7.36. The Hall–Kier alpha value is -1.93. The van der Waals surface area contributed by atoms with Crippen molar-refractivity contribution in [3.63, 3.8) is 0 Å². The summed E-state index contributed by atoms with van der Waals surface area (Å²) >= 11 is 1.50. The number of sulfone groups is 1. The first-order valence-electron chi connectivity index (χ1n) is 8.35. The topological polar surface area (TPSA) is 82.4 Å². The Balaban J connectivity index is 1.66. The normalized spacial score (nSPS) is 18.8. The Labute approximate surface area is 156 Å². The summed E-state index contributed by atoms with van der Waals surface area (Å²) in [6.45, 7) is 3.35. The zero-order chi connectivity index (χ0) is 18.9. The van der Waals surface area contributed by atoms with Gasteiger partial charge < -0.3 is 9.30 Å². The Morgan fingerprint density at radius 2 is 2.12 bits per heavy atom. The highest BCUT2D eigenvalue weighted by atomic mass is 32.2. The van der Waals surface area contributed by atoms with E-state index in [1.165, 1.54) is 11.3 Å². The fourth-order valence-electron chi connectivity index (χ4n) is 3.44. The molecule has 0 aliphatic carbocycles. The highest BCUT2D eigenvalue weighted by Crippen LogP contribution is 2.29. The van der Waals surface area contributed by atoms with E-state index in [2.05, 4.69) is 0 Å². The number of esters is 1. The van der Waals surface area contributed by atoms with Crippen molar-refractivity contribution >= 4 is 32.9 Å². The molecule has 1 aliphatic rings. The van der Waals surface area contributed by atoms with Crippen LogP contribution < -0.4 is 0 Å². The van der Waals surface area contributed by atoms with Crippen molar-refractivity contribution in [2.45, 2.75) is 32.7 Å².